The number of hydrogen-bond donors (Lipinski definition) is 2. The summed E-state index contributed by atoms with van der Waals surface area (Å²) >= 11 is 0. The Morgan fingerprint density at radius 1 is 0.821 bits per heavy atom. The Labute approximate surface area is 166 Å². The molecule has 3 nitrogen and oxygen atoms in total. The number of quaternary nitrogens is 1. The van der Waals surface area contributed by atoms with Gasteiger partial charge in [-0.05, 0) is 19.8 Å². The van der Waals surface area contributed by atoms with Crippen LogP contribution in [0, 0.1) is 6.92 Å². The molecule has 0 saturated heterocycles. The van der Waals surface area contributed by atoms with Crippen molar-refractivity contribution in [3.8, 4) is 0 Å². The normalized spacial score (nSPS) is 15.6. The van der Waals surface area contributed by atoms with Gasteiger partial charge in [0, 0.05) is 22.7 Å². The van der Waals surface area contributed by atoms with E-state index in [0.29, 0.717) is 6.04 Å². The van der Waals surface area contributed by atoms with Crippen LogP contribution in [0.3, 0.4) is 0 Å². The first kappa shape index (κ1) is 18.5. The van der Waals surface area contributed by atoms with Gasteiger partial charge in [0.25, 0.3) is 5.91 Å². The maximum atomic E-state index is 13.1. The molecular weight excluding hydrogens is 344 g/mol. The number of hydrogen-bond acceptors (Lipinski definition) is 1. The molecule has 0 unspecified atom stereocenters. The van der Waals surface area contributed by atoms with Crippen LogP contribution in [-0.4, -0.2) is 11.9 Å². The predicted molar refractivity (Wildman–Crippen MR) is 112 cm³/mol. The van der Waals surface area contributed by atoms with Crippen molar-refractivity contribution in [3.63, 3.8) is 0 Å². The SMILES string of the molecule is Cc1ccc([C@@H]([NH2+][C@@H](C(=O)NC2CC2)c2ccccc2)c2ccccc2)cc1. The van der Waals surface area contributed by atoms with Crippen molar-refractivity contribution < 1.29 is 10.1 Å². The third kappa shape index (κ3) is 4.49. The first-order valence-electron chi connectivity index (χ1n) is 10.0. The van der Waals surface area contributed by atoms with Gasteiger partial charge in [0.05, 0.1) is 0 Å². The fraction of sp³-hybridized carbons (Fsp3) is 0.240. The van der Waals surface area contributed by atoms with E-state index in [-0.39, 0.29) is 18.0 Å². The zero-order chi connectivity index (χ0) is 19.3. The second-order valence-corrected chi connectivity index (χ2v) is 7.66. The van der Waals surface area contributed by atoms with E-state index in [4.69, 9.17) is 0 Å². The van der Waals surface area contributed by atoms with E-state index in [9.17, 15) is 4.79 Å². The van der Waals surface area contributed by atoms with Crippen LogP contribution < -0.4 is 10.6 Å². The number of carbonyl (C=O) groups excluding carboxylic acids is 1. The van der Waals surface area contributed by atoms with E-state index in [1.807, 2.05) is 36.4 Å². The molecule has 3 N–H and O–H groups in total. The summed E-state index contributed by atoms with van der Waals surface area (Å²) in [5.74, 6) is 0.0988. The van der Waals surface area contributed by atoms with Crippen molar-refractivity contribution in [2.75, 3.05) is 0 Å². The van der Waals surface area contributed by atoms with Crippen LogP contribution in [0.1, 0.15) is 47.2 Å². The Hall–Kier alpha value is -2.91. The first-order chi connectivity index (χ1) is 13.7. The average Bonchev–Trinajstić information content (AvgIpc) is 3.55. The van der Waals surface area contributed by atoms with Crippen molar-refractivity contribution in [3.05, 3.63) is 107 Å². The van der Waals surface area contributed by atoms with Crippen LogP contribution >= 0.6 is 0 Å². The highest BCUT2D eigenvalue weighted by atomic mass is 16.2. The molecule has 4 rings (SSSR count). The van der Waals surface area contributed by atoms with Gasteiger partial charge in [-0.2, -0.15) is 0 Å². The molecule has 0 aromatic heterocycles. The molecule has 0 radical (unpaired) electrons. The van der Waals surface area contributed by atoms with E-state index in [1.54, 1.807) is 0 Å². The molecule has 1 fully saturated rings. The Morgan fingerprint density at radius 2 is 1.36 bits per heavy atom. The van der Waals surface area contributed by atoms with Gasteiger partial charge in [0.1, 0.15) is 6.04 Å². The maximum Gasteiger partial charge on any atom is 0.283 e. The number of nitrogens with one attached hydrogen (secondary N) is 1. The van der Waals surface area contributed by atoms with Crippen LogP contribution in [0.4, 0.5) is 0 Å². The van der Waals surface area contributed by atoms with Crippen LogP contribution in [0.5, 0.6) is 0 Å². The highest BCUT2D eigenvalue weighted by Gasteiger charge is 2.33. The van der Waals surface area contributed by atoms with Gasteiger partial charge in [-0.1, -0.05) is 90.5 Å². The lowest BCUT2D eigenvalue weighted by molar-refractivity contribution is -0.714. The topological polar surface area (TPSA) is 45.7 Å². The van der Waals surface area contributed by atoms with Gasteiger partial charge in [-0.3, -0.25) is 4.79 Å². The summed E-state index contributed by atoms with van der Waals surface area (Å²) in [5.41, 5.74) is 4.68. The third-order valence-electron chi connectivity index (χ3n) is 5.34. The lowest BCUT2D eigenvalue weighted by Gasteiger charge is -2.23. The first-order valence-corrected chi connectivity index (χ1v) is 10.0. The van der Waals surface area contributed by atoms with Crippen LogP contribution in [0.2, 0.25) is 0 Å². The van der Waals surface area contributed by atoms with E-state index >= 15 is 0 Å². The van der Waals surface area contributed by atoms with E-state index in [1.165, 1.54) is 16.7 Å². The highest BCUT2D eigenvalue weighted by molar-refractivity contribution is 5.82. The van der Waals surface area contributed by atoms with Crippen molar-refractivity contribution in [2.24, 2.45) is 0 Å². The third-order valence-corrected chi connectivity index (χ3v) is 5.34. The maximum absolute atomic E-state index is 13.1. The van der Waals surface area contributed by atoms with Gasteiger partial charge in [-0.25, -0.2) is 0 Å². The summed E-state index contributed by atoms with van der Waals surface area (Å²) in [5, 5.41) is 5.40. The van der Waals surface area contributed by atoms with E-state index < -0.39 is 0 Å². The number of benzene rings is 3. The second-order valence-electron chi connectivity index (χ2n) is 7.66. The van der Waals surface area contributed by atoms with Gasteiger partial charge < -0.3 is 10.6 Å². The van der Waals surface area contributed by atoms with Crippen molar-refractivity contribution in [1.29, 1.82) is 0 Å². The van der Waals surface area contributed by atoms with Crippen molar-refractivity contribution in [2.45, 2.75) is 37.9 Å². The molecular formula is C25H27N2O+. The van der Waals surface area contributed by atoms with E-state index in [2.05, 4.69) is 66.1 Å². The Balaban J connectivity index is 1.69. The summed E-state index contributed by atoms with van der Waals surface area (Å²) in [6.45, 7) is 2.10. The zero-order valence-electron chi connectivity index (χ0n) is 16.2. The number of nitrogens with two attached hydrogens (primary N) is 1. The smallest absolute Gasteiger partial charge is 0.283 e. The number of carbonyl (C=O) groups is 1. The minimum atomic E-state index is -0.284. The fourth-order valence-electron chi connectivity index (χ4n) is 3.57. The Kier molecular flexibility index (Phi) is 5.54. The van der Waals surface area contributed by atoms with Gasteiger partial charge in [0.15, 0.2) is 6.04 Å². The van der Waals surface area contributed by atoms with Gasteiger partial charge in [0.2, 0.25) is 0 Å². The molecule has 28 heavy (non-hydrogen) atoms. The number of rotatable bonds is 7. The standard InChI is InChI=1S/C25H26N2O/c1-18-12-14-21(15-13-18)23(19-8-4-2-5-9-19)27-24(20-10-6-3-7-11-20)25(28)26-22-16-17-22/h2-15,22-24,27H,16-17H2,1H3,(H,26,28)/p+1/t23-,24+/m0/s1. The largest absolute Gasteiger partial charge is 0.348 e. The monoisotopic (exact) mass is 371 g/mol. The summed E-state index contributed by atoms with van der Waals surface area (Å²) in [4.78, 5) is 13.1. The predicted octanol–water partition coefficient (Wildman–Crippen LogP) is 3.67. The lowest BCUT2D eigenvalue weighted by Crippen LogP contribution is -2.88. The Morgan fingerprint density at radius 3 is 1.93 bits per heavy atom. The number of aryl methyl sites for hydroxylation is 1. The van der Waals surface area contributed by atoms with Gasteiger partial charge >= 0.3 is 0 Å². The molecule has 3 aromatic rings. The molecule has 1 saturated carbocycles. The summed E-state index contributed by atoms with van der Waals surface area (Å²) < 4.78 is 0. The minimum absolute atomic E-state index is 0.0527. The molecule has 3 aromatic carbocycles. The molecule has 1 aliphatic carbocycles. The molecule has 1 aliphatic rings. The molecule has 0 spiro atoms. The van der Waals surface area contributed by atoms with Crippen LogP contribution in [-0.2, 0) is 4.79 Å². The highest BCUT2D eigenvalue weighted by Crippen LogP contribution is 2.23. The van der Waals surface area contributed by atoms with Crippen molar-refractivity contribution >= 4 is 5.91 Å². The zero-order valence-corrected chi connectivity index (χ0v) is 16.2. The molecule has 0 bridgehead atoms. The van der Waals surface area contributed by atoms with Gasteiger partial charge in [-0.15, -0.1) is 0 Å². The second kappa shape index (κ2) is 8.41. The average molecular weight is 372 g/mol. The summed E-state index contributed by atoms with van der Waals surface area (Å²) in [7, 11) is 0. The molecule has 142 valence electrons. The summed E-state index contributed by atoms with van der Waals surface area (Å²) in [6.07, 6.45) is 2.18. The fourth-order valence-corrected chi connectivity index (χ4v) is 3.57. The minimum Gasteiger partial charge on any atom is -0.348 e. The van der Waals surface area contributed by atoms with Crippen LogP contribution in [0.15, 0.2) is 84.9 Å². The molecule has 0 aliphatic heterocycles. The molecule has 3 heteroatoms. The molecule has 0 heterocycles. The summed E-state index contributed by atoms with van der Waals surface area (Å²) in [6, 6.07) is 29.3. The molecule has 1 amide bonds. The van der Waals surface area contributed by atoms with E-state index in [0.717, 1.165) is 18.4 Å². The Bertz CT molecular complexity index is 902. The van der Waals surface area contributed by atoms with Crippen molar-refractivity contribution in [1.82, 2.24) is 5.32 Å². The number of amides is 1. The van der Waals surface area contributed by atoms with Crippen LogP contribution in [0.25, 0.3) is 0 Å². The lowest BCUT2D eigenvalue weighted by atomic mass is 9.95. The quantitative estimate of drug-likeness (QED) is 0.654. The molecule has 2 atom stereocenters.